The number of nitrogens with zero attached hydrogens (tertiary/aromatic N) is 3. The van der Waals surface area contributed by atoms with Gasteiger partial charge in [0.05, 0.1) is 0 Å². The summed E-state index contributed by atoms with van der Waals surface area (Å²) in [6.07, 6.45) is 2.04. The maximum absolute atomic E-state index is 5.71. The molecular weight excluding hydrogens is 202 g/mol. The van der Waals surface area contributed by atoms with Crippen molar-refractivity contribution in [3.05, 3.63) is 11.8 Å². The van der Waals surface area contributed by atoms with E-state index >= 15 is 0 Å². The molecule has 5 heteroatoms. The van der Waals surface area contributed by atoms with E-state index in [0.29, 0.717) is 12.0 Å². The van der Waals surface area contributed by atoms with E-state index in [1.807, 2.05) is 13.1 Å². The third kappa shape index (κ3) is 2.24. The summed E-state index contributed by atoms with van der Waals surface area (Å²) in [6.45, 7) is 4.13. The van der Waals surface area contributed by atoms with Crippen LogP contribution in [0.1, 0.15) is 19.0 Å². The van der Waals surface area contributed by atoms with Crippen molar-refractivity contribution in [3.63, 3.8) is 0 Å². The van der Waals surface area contributed by atoms with Gasteiger partial charge in [-0.1, -0.05) is 13.3 Å². The van der Waals surface area contributed by atoms with E-state index < -0.39 is 0 Å². The lowest BCUT2D eigenvalue weighted by molar-refractivity contribution is 0.447. The number of hydrogen-bond acceptors (Lipinski definition) is 5. The molecule has 2 heterocycles. The Morgan fingerprint density at radius 3 is 2.88 bits per heavy atom. The molecule has 1 saturated heterocycles. The molecule has 0 spiro atoms. The maximum Gasteiger partial charge on any atom is 0.222 e. The standard InChI is InChI=1S/C11H19N5/c1-3-4-8-5-10(15-11(12)14-8)16-6-9(7-16)13-2/h5,9,13H,3-4,6-7H2,1-2H3,(H2,12,14,15). The van der Waals surface area contributed by atoms with Gasteiger partial charge in [-0.3, -0.25) is 0 Å². The van der Waals surface area contributed by atoms with Gasteiger partial charge in [-0.2, -0.15) is 4.98 Å². The number of nitrogens with one attached hydrogen (secondary N) is 1. The molecule has 0 bridgehead atoms. The van der Waals surface area contributed by atoms with E-state index in [4.69, 9.17) is 5.73 Å². The number of likely N-dealkylation sites (N-methyl/N-ethyl adjacent to an activating group) is 1. The van der Waals surface area contributed by atoms with Crippen molar-refractivity contribution in [1.82, 2.24) is 15.3 Å². The molecule has 1 fully saturated rings. The number of anilines is 2. The second kappa shape index (κ2) is 4.65. The number of hydrogen-bond donors (Lipinski definition) is 2. The van der Waals surface area contributed by atoms with Gasteiger partial charge in [0.15, 0.2) is 0 Å². The van der Waals surface area contributed by atoms with Gasteiger partial charge in [0, 0.05) is 30.9 Å². The molecule has 0 atom stereocenters. The van der Waals surface area contributed by atoms with Gasteiger partial charge < -0.3 is 16.0 Å². The van der Waals surface area contributed by atoms with Gasteiger partial charge in [0.1, 0.15) is 5.82 Å². The number of aryl methyl sites for hydroxylation is 1. The Bertz CT molecular complexity index is 359. The quantitative estimate of drug-likeness (QED) is 0.771. The lowest BCUT2D eigenvalue weighted by Gasteiger charge is -2.40. The van der Waals surface area contributed by atoms with Gasteiger partial charge >= 0.3 is 0 Å². The molecule has 0 amide bonds. The third-order valence-corrected chi connectivity index (χ3v) is 2.90. The number of nitrogen functional groups attached to an aromatic ring is 1. The third-order valence-electron chi connectivity index (χ3n) is 2.90. The van der Waals surface area contributed by atoms with Crippen LogP contribution in [-0.2, 0) is 6.42 Å². The van der Waals surface area contributed by atoms with Crippen molar-refractivity contribution >= 4 is 11.8 Å². The summed E-state index contributed by atoms with van der Waals surface area (Å²) < 4.78 is 0. The minimum atomic E-state index is 0.383. The predicted molar refractivity (Wildman–Crippen MR) is 65.5 cm³/mol. The van der Waals surface area contributed by atoms with Crippen molar-refractivity contribution in [3.8, 4) is 0 Å². The van der Waals surface area contributed by atoms with Crippen LogP contribution in [0.25, 0.3) is 0 Å². The van der Waals surface area contributed by atoms with Crippen molar-refractivity contribution in [2.45, 2.75) is 25.8 Å². The van der Waals surface area contributed by atoms with Crippen LogP contribution in [0.4, 0.5) is 11.8 Å². The van der Waals surface area contributed by atoms with E-state index in [0.717, 1.165) is 37.4 Å². The number of aromatic nitrogens is 2. The molecule has 0 aliphatic carbocycles. The van der Waals surface area contributed by atoms with Crippen LogP contribution in [0.5, 0.6) is 0 Å². The first-order valence-electron chi connectivity index (χ1n) is 5.78. The SMILES string of the molecule is CCCc1cc(N2CC(NC)C2)nc(N)n1. The highest BCUT2D eigenvalue weighted by Crippen LogP contribution is 2.20. The molecule has 5 nitrogen and oxygen atoms in total. The second-order valence-corrected chi connectivity index (χ2v) is 4.22. The minimum Gasteiger partial charge on any atom is -0.368 e. The lowest BCUT2D eigenvalue weighted by atomic mass is 10.1. The van der Waals surface area contributed by atoms with E-state index in [9.17, 15) is 0 Å². The maximum atomic E-state index is 5.71. The molecular formula is C11H19N5. The highest BCUT2D eigenvalue weighted by molar-refractivity contribution is 5.46. The van der Waals surface area contributed by atoms with Crippen LogP contribution in [0.2, 0.25) is 0 Å². The molecule has 16 heavy (non-hydrogen) atoms. The summed E-state index contributed by atoms with van der Waals surface area (Å²) in [7, 11) is 1.98. The Labute approximate surface area is 96.1 Å². The van der Waals surface area contributed by atoms with Crippen LogP contribution in [0.15, 0.2) is 6.07 Å². The summed E-state index contributed by atoms with van der Waals surface area (Å²) >= 11 is 0. The fraction of sp³-hybridized carbons (Fsp3) is 0.636. The highest BCUT2D eigenvalue weighted by Gasteiger charge is 2.26. The van der Waals surface area contributed by atoms with E-state index in [1.54, 1.807) is 0 Å². The molecule has 3 N–H and O–H groups in total. The monoisotopic (exact) mass is 221 g/mol. The molecule has 1 aromatic rings. The molecule has 0 saturated carbocycles. The summed E-state index contributed by atoms with van der Waals surface area (Å²) in [5.41, 5.74) is 6.75. The Morgan fingerprint density at radius 2 is 2.25 bits per heavy atom. The van der Waals surface area contributed by atoms with Gasteiger partial charge in [0.2, 0.25) is 5.95 Å². The van der Waals surface area contributed by atoms with Crippen molar-refractivity contribution in [1.29, 1.82) is 0 Å². The topological polar surface area (TPSA) is 67.1 Å². The Hall–Kier alpha value is -1.36. The first kappa shape index (κ1) is 11.1. The normalized spacial score (nSPS) is 16.2. The molecule has 0 radical (unpaired) electrons. The Kier molecular flexibility index (Phi) is 3.24. The van der Waals surface area contributed by atoms with Gasteiger partial charge in [-0.05, 0) is 13.5 Å². The lowest BCUT2D eigenvalue weighted by Crippen LogP contribution is -2.57. The smallest absolute Gasteiger partial charge is 0.222 e. The van der Waals surface area contributed by atoms with E-state index in [-0.39, 0.29) is 0 Å². The van der Waals surface area contributed by atoms with Crippen molar-refractivity contribution in [2.24, 2.45) is 0 Å². The molecule has 1 aliphatic rings. The molecule has 1 aromatic heterocycles. The molecule has 0 unspecified atom stereocenters. The number of rotatable bonds is 4. The Morgan fingerprint density at radius 1 is 1.50 bits per heavy atom. The summed E-state index contributed by atoms with van der Waals surface area (Å²) in [6, 6.07) is 2.62. The van der Waals surface area contributed by atoms with Crippen molar-refractivity contribution in [2.75, 3.05) is 30.8 Å². The van der Waals surface area contributed by atoms with Crippen molar-refractivity contribution < 1.29 is 0 Å². The molecule has 88 valence electrons. The van der Waals surface area contributed by atoms with Crippen LogP contribution in [0, 0.1) is 0 Å². The van der Waals surface area contributed by atoms with Crippen LogP contribution in [0.3, 0.4) is 0 Å². The molecule has 0 aromatic carbocycles. The predicted octanol–water partition coefficient (Wildman–Crippen LogP) is 0.419. The average Bonchev–Trinajstić information content (AvgIpc) is 2.15. The van der Waals surface area contributed by atoms with Crippen LogP contribution < -0.4 is 16.0 Å². The van der Waals surface area contributed by atoms with Crippen LogP contribution in [-0.4, -0.2) is 36.1 Å². The number of nitrogens with two attached hydrogens (primary N) is 1. The summed E-state index contributed by atoms with van der Waals surface area (Å²) in [5.74, 6) is 1.34. The van der Waals surface area contributed by atoms with Gasteiger partial charge in [0.25, 0.3) is 0 Å². The highest BCUT2D eigenvalue weighted by atomic mass is 15.3. The molecule has 1 aliphatic heterocycles. The largest absolute Gasteiger partial charge is 0.368 e. The van der Waals surface area contributed by atoms with Gasteiger partial charge in [-0.15, -0.1) is 0 Å². The first-order chi connectivity index (χ1) is 7.72. The summed E-state index contributed by atoms with van der Waals surface area (Å²) in [5, 5.41) is 3.24. The van der Waals surface area contributed by atoms with E-state index in [1.165, 1.54) is 0 Å². The first-order valence-corrected chi connectivity index (χ1v) is 5.78. The minimum absolute atomic E-state index is 0.383. The zero-order valence-corrected chi connectivity index (χ0v) is 9.90. The zero-order chi connectivity index (χ0) is 11.5. The zero-order valence-electron chi connectivity index (χ0n) is 9.90. The fourth-order valence-corrected chi connectivity index (χ4v) is 1.90. The summed E-state index contributed by atoms with van der Waals surface area (Å²) in [4.78, 5) is 10.7. The average molecular weight is 221 g/mol. The van der Waals surface area contributed by atoms with Gasteiger partial charge in [-0.25, -0.2) is 4.98 Å². The van der Waals surface area contributed by atoms with E-state index in [2.05, 4.69) is 27.1 Å². The molecule has 2 rings (SSSR count). The second-order valence-electron chi connectivity index (χ2n) is 4.22. The fourth-order valence-electron chi connectivity index (χ4n) is 1.90. The Balaban J connectivity index is 2.09. The van der Waals surface area contributed by atoms with Crippen LogP contribution >= 0.6 is 0 Å².